The van der Waals surface area contributed by atoms with Crippen LogP contribution in [0.1, 0.15) is 67.5 Å². The van der Waals surface area contributed by atoms with Gasteiger partial charge in [-0.15, -0.1) is 0 Å². The van der Waals surface area contributed by atoms with Crippen LogP contribution in [0.25, 0.3) is 22.3 Å². The number of carboxylic acid groups (broad SMARTS) is 1. The van der Waals surface area contributed by atoms with Crippen molar-refractivity contribution in [2.24, 2.45) is 0 Å². The minimum absolute atomic E-state index is 0.0854. The Morgan fingerprint density at radius 1 is 1.00 bits per heavy atom. The number of ether oxygens (including phenoxy) is 2. The van der Waals surface area contributed by atoms with Crippen LogP contribution in [0.2, 0.25) is 0 Å². The van der Waals surface area contributed by atoms with E-state index in [0.29, 0.717) is 46.6 Å². The molecule has 10 nitrogen and oxygen atoms in total. The molecule has 2 heterocycles. The van der Waals surface area contributed by atoms with Gasteiger partial charge in [-0.25, -0.2) is 23.5 Å². The van der Waals surface area contributed by atoms with E-state index >= 15 is 4.39 Å². The van der Waals surface area contributed by atoms with Crippen LogP contribution in [0.3, 0.4) is 0 Å². The van der Waals surface area contributed by atoms with Gasteiger partial charge in [0.05, 0.1) is 46.6 Å². The predicted octanol–water partition coefficient (Wildman–Crippen LogP) is 7.57. The largest absolute Gasteiger partial charge is 0.478 e. The molecule has 0 aliphatic carbocycles. The number of aromatic nitrogens is 3. The zero-order chi connectivity index (χ0) is 37.2. The molecule has 0 radical (unpaired) electrons. The van der Waals surface area contributed by atoms with Gasteiger partial charge in [0.15, 0.2) is 0 Å². The van der Waals surface area contributed by atoms with Crippen LogP contribution in [-0.2, 0) is 29.1 Å². The van der Waals surface area contributed by atoms with Crippen molar-refractivity contribution >= 4 is 23.4 Å². The molecule has 0 aliphatic rings. The summed E-state index contributed by atoms with van der Waals surface area (Å²) < 4.78 is 42.6. The van der Waals surface area contributed by atoms with Crippen LogP contribution >= 0.6 is 0 Å². The Labute approximate surface area is 291 Å². The summed E-state index contributed by atoms with van der Waals surface area (Å²) in [4.78, 5) is 29.7. The Balaban J connectivity index is 0.000000996. The molecule has 0 fully saturated rings. The summed E-state index contributed by atoms with van der Waals surface area (Å²) in [6.45, 7) is 10.2. The number of carboxylic acids is 1. The average molecular weight is 688 g/mol. The number of rotatable bonds is 11. The predicted molar refractivity (Wildman–Crippen MR) is 189 cm³/mol. The van der Waals surface area contributed by atoms with Crippen molar-refractivity contribution in [2.45, 2.75) is 60.3 Å². The number of hydrogen-bond acceptors (Lipinski definition) is 7. The number of imidazole rings is 1. The SMILES string of the molecule is CC.CC.CNC=O.COC(C)Cn1c(Cc2ccc(-c3cccc(OCc4ccc(C#N)cc4F)n3)cc2F)nc2ccc(C(=O)O)cc21. The number of methoxy groups -OCH3 is 1. The molecule has 5 rings (SSSR count). The fraction of sp³-hybridized carbons (Fsp3) is 0.289. The van der Waals surface area contributed by atoms with Crippen molar-refractivity contribution < 1.29 is 33.0 Å². The molecule has 1 atom stereocenters. The van der Waals surface area contributed by atoms with Gasteiger partial charge in [-0.1, -0.05) is 52.0 Å². The van der Waals surface area contributed by atoms with Crippen molar-refractivity contribution in [3.63, 3.8) is 0 Å². The second kappa shape index (κ2) is 20.6. The summed E-state index contributed by atoms with van der Waals surface area (Å²) >= 11 is 0. The van der Waals surface area contributed by atoms with Crippen LogP contribution in [-0.4, -0.2) is 52.3 Å². The van der Waals surface area contributed by atoms with Crippen LogP contribution in [0.15, 0.2) is 72.8 Å². The molecular weight excluding hydrogens is 644 g/mol. The number of halogens is 2. The highest BCUT2D eigenvalue weighted by molar-refractivity contribution is 5.92. The van der Waals surface area contributed by atoms with E-state index in [-0.39, 0.29) is 41.7 Å². The third kappa shape index (κ3) is 10.9. The van der Waals surface area contributed by atoms with E-state index in [2.05, 4.69) is 15.3 Å². The summed E-state index contributed by atoms with van der Waals surface area (Å²) in [5.74, 6) is -1.23. The fourth-order valence-corrected chi connectivity index (χ4v) is 4.54. The summed E-state index contributed by atoms with van der Waals surface area (Å²) in [5, 5.41) is 20.6. The van der Waals surface area contributed by atoms with Crippen molar-refractivity contribution in [2.75, 3.05) is 14.2 Å². The number of hydrogen-bond donors (Lipinski definition) is 2. The minimum Gasteiger partial charge on any atom is -0.478 e. The van der Waals surface area contributed by atoms with Crippen molar-refractivity contribution in [1.29, 1.82) is 5.26 Å². The van der Waals surface area contributed by atoms with Crippen LogP contribution in [0.5, 0.6) is 5.88 Å². The summed E-state index contributed by atoms with van der Waals surface area (Å²) in [5.41, 5.74) is 3.28. The van der Waals surface area contributed by atoms with Gasteiger partial charge < -0.3 is 24.5 Å². The number of fused-ring (bicyclic) bond motifs is 1. The van der Waals surface area contributed by atoms with Gasteiger partial charge in [0.1, 0.15) is 24.1 Å². The van der Waals surface area contributed by atoms with Gasteiger partial charge in [-0.2, -0.15) is 5.26 Å². The molecule has 0 aliphatic heterocycles. The van der Waals surface area contributed by atoms with E-state index in [1.165, 1.54) is 24.3 Å². The quantitative estimate of drug-likeness (QED) is 0.136. The highest BCUT2D eigenvalue weighted by atomic mass is 19.1. The molecular formula is C38H43F2N5O5. The molecule has 50 heavy (non-hydrogen) atoms. The standard InChI is InChI=1S/C32H26F2N4O4.C2H5NO.2C2H6/c1-19(41-2)17-38-29-14-23(32(39)40)10-11-28(29)36-30(38)15-21-8-9-22(13-26(21)34)27-4-3-5-31(37-27)42-18-24-7-6-20(16-35)12-25(24)33;1-3-2-4;2*1-2/h3-14,19H,15,17-18H2,1-2H3,(H,39,40);2H,1H3,(H,3,4);2*1-2H3. The first-order chi connectivity index (χ1) is 24.2. The summed E-state index contributed by atoms with van der Waals surface area (Å²) in [6.07, 6.45) is 0.614. The molecule has 3 aromatic carbocycles. The minimum atomic E-state index is -1.04. The zero-order valence-corrected chi connectivity index (χ0v) is 29.3. The molecule has 0 bridgehead atoms. The summed E-state index contributed by atoms with van der Waals surface area (Å²) in [7, 11) is 3.15. The average Bonchev–Trinajstić information content (AvgIpc) is 3.49. The lowest BCUT2D eigenvalue weighted by molar-refractivity contribution is -0.109. The Bertz CT molecular complexity index is 1910. The van der Waals surface area contributed by atoms with Gasteiger partial charge in [0.25, 0.3) is 0 Å². The van der Waals surface area contributed by atoms with Crippen LogP contribution < -0.4 is 10.1 Å². The van der Waals surface area contributed by atoms with Gasteiger partial charge in [-0.3, -0.25) is 4.79 Å². The van der Waals surface area contributed by atoms with E-state index in [9.17, 15) is 14.3 Å². The van der Waals surface area contributed by atoms with E-state index in [0.717, 1.165) is 6.07 Å². The summed E-state index contributed by atoms with van der Waals surface area (Å²) in [6, 6.07) is 20.6. The van der Waals surface area contributed by atoms with Crippen LogP contribution in [0, 0.1) is 23.0 Å². The number of amides is 1. The molecule has 1 amide bonds. The van der Waals surface area contributed by atoms with Gasteiger partial charge in [-0.05, 0) is 55.0 Å². The number of pyridine rings is 1. The molecule has 0 saturated carbocycles. The number of carbonyl (C=O) groups excluding carboxylic acids is 1. The third-order valence-corrected chi connectivity index (χ3v) is 7.01. The second-order valence-electron chi connectivity index (χ2n) is 10.2. The first-order valence-corrected chi connectivity index (χ1v) is 16.1. The number of carbonyl (C=O) groups is 2. The van der Waals surface area contributed by atoms with E-state index < -0.39 is 17.6 Å². The molecule has 12 heteroatoms. The maximum atomic E-state index is 15.4. The highest BCUT2D eigenvalue weighted by Crippen LogP contribution is 2.26. The molecule has 0 saturated heterocycles. The molecule has 5 aromatic rings. The topological polar surface area (TPSA) is 139 Å². The van der Waals surface area contributed by atoms with Gasteiger partial charge in [0, 0.05) is 37.8 Å². The number of benzene rings is 3. The molecule has 264 valence electrons. The number of aromatic carboxylic acids is 1. The smallest absolute Gasteiger partial charge is 0.335 e. The molecule has 0 spiro atoms. The number of nitrogens with zero attached hydrogens (tertiary/aromatic N) is 4. The normalized spacial score (nSPS) is 10.6. The lowest BCUT2D eigenvalue weighted by Gasteiger charge is -2.15. The first-order valence-electron chi connectivity index (χ1n) is 16.1. The molecule has 1 unspecified atom stereocenters. The number of nitriles is 1. The highest BCUT2D eigenvalue weighted by Gasteiger charge is 2.18. The molecule has 2 N–H and O–H groups in total. The monoisotopic (exact) mass is 687 g/mol. The maximum absolute atomic E-state index is 15.4. The van der Waals surface area contributed by atoms with E-state index in [4.69, 9.17) is 19.5 Å². The zero-order valence-electron chi connectivity index (χ0n) is 29.3. The fourth-order valence-electron chi connectivity index (χ4n) is 4.54. The maximum Gasteiger partial charge on any atom is 0.335 e. The van der Waals surface area contributed by atoms with Gasteiger partial charge in [0.2, 0.25) is 12.3 Å². The molecule has 2 aromatic heterocycles. The lowest BCUT2D eigenvalue weighted by Crippen LogP contribution is -2.17. The Hall–Kier alpha value is -5.67. The van der Waals surface area contributed by atoms with E-state index in [1.54, 1.807) is 56.6 Å². The Morgan fingerprint density at radius 3 is 2.28 bits per heavy atom. The third-order valence-electron chi connectivity index (χ3n) is 7.01. The van der Waals surface area contributed by atoms with Crippen molar-refractivity contribution in [3.8, 4) is 23.2 Å². The van der Waals surface area contributed by atoms with Crippen LogP contribution in [0.4, 0.5) is 8.78 Å². The Morgan fingerprint density at radius 2 is 1.68 bits per heavy atom. The lowest BCUT2D eigenvalue weighted by atomic mass is 10.1. The van der Waals surface area contributed by atoms with Gasteiger partial charge >= 0.3 is 5.97 Å². The second-order valence-corrected chi connectivity index (χ2v) is 10.2. The Kier molecular flexibility index (Phi) is 16.7. The van der Waals surface area contributed by atoms with Crippen molar-refractivity contribution in [3.05, 3.63) is 113 Å². The van der Waals surface area contributed by atoms with Crippen molar-refractivity contribution in [1.82, 2.24) is 19.9 Å². The first kappa shape index (κ1) is 40.5. The van der Waals surface area contributed by atoms with E-state index in [1.807, 2.05) is 45.3 Å². The number of nitrogens with one attached hydrogen (secondary N) is 1.